The highest BCUT2D eigenvalue weighted by Crippen LogP contribution is 2.52. The van der Waals surface area contributed by atoms with E-state index in [2.05, 4.69) is 184 Å². The maximum atomic E-state index is 2.46. The van der Waals surface area contributed by atoms with E-state index in [1.807, 2.05) is 22.7 Å². The highest BCUT2D eigenvalue weighted by molar-refractivity contribution is 7.26. The van der Waals surface area contributed by atoms with Gasteiger partial charge >= 0.3 is 0 Å². The van der Waals surface area contributed by atoms with Crippen molar-refractivity contribution in [3.05, 3.63) is 181 Å². The molecule has 57 heavy (non-hydrogen) atoms. The van der Waals surface area contributed by atoms with Crippen molar-refractivity contribution in [2.75, 3.05) is 0 Å². The molecule has 0 radical (unpaired) electrons. The van der Waals surface area contributed by atoms with Crippen LogP contribution in [0.25, 0.3) is 117 Å². The van der Waals surface area contributed by atoms with E-state index in [0.29, 0.717) is 0 Å². The molecule has 0 nitrogen and oxygen atoms in total. The van der Waals surface area contributed by atoms with E-state index in [1.54, 1.807) is 0 Å². The predicted molar refractivity (Wildman–Crippen MR) is 251 cm³/mol. The molecule has 1 aliphatic carbocycles. The van der Waals surface area contributed by atoms with E-state index in [-0.39, 0.29) is 5.41 Å². The fourth-order valence-corrected chi connectivity index (χ4v) is 12.4. The summed E-state index contributed by atoms with van der Waals surface area (Å²) in [6, 6.07) is 64.6. The second-order valence-corrected chi connectivity index (χ2v) is 18.6. The highest BCUT2D eigenvalue weighted by atomic mass is 32.1. The first-order valence-electron chi connectivity index (χ1n) is 19.8. The number of benzene rings is 10. The largest absolute Gasteiger partial charge is 0.135 e. The molecule has 12 aromatic rings. The van der Waals surface area contributed by atoms with Crippen molar-refractivity contribution < 1.29 is 0 Å². The molecular formula is C55H34S2. The molecule has 0 N–H and O–H groups in total. The van der Waals surface area contributed by atoms with Crippen molar-refractivity contribution >= 4 is 106 Å². The van der Waals surface area contributed by atoms with Gasteiger partial charge in [0.05, 0.1) is 0 Å². The van der Waals surface area contributed by atoms with Gasteiger partial charge in [0, 0.05) is 45.8 Å². The van der Waals surface area contributed by atoms with Crippen LogP contribution in [-0.4, -0.2) is 0 Å². The first-order valence-corrected chi connectivity index (χ1v) is 21.4. The summed E-state index contributed by atoms with van der Waals surface area (Å²) in [5.41, 5.74) is 10.6. The van der Waals surface area contributed by atoms with Crippen LogP contribution in [0.2, 0.25) is 0 Å². The summed E-state index contributed by atoms with van der Waals surface area (Å²) in [4.78, 5) is 0. The molecule has 266 valence electrons. The Morgan fingerprint density at radius 3 is 1.58 bits per heavy atom. The molecule has 2 heteroatoms. The van der Waals surface area contributed by atoms with Gasteiger partial charge in [-0.1, -0.05) is 129 Å². The maximum absolute atomic E-state index is 2.46. The summed E-state index contributed by atoms with van der Waals surface area (Å²) in [5, 5.41) is 15.9. The molecule has 10 aromatic carbocycles. The molecule has 0 amide bonds. The number of hydrogen-bond donors (Lipinski definition) is 0. The van der Waals surface area contributed by atoms with Gasteiger partial charge < -0.3 is 0 Å². The standard InChI is InChI=1S/C55H34S2/c1-55(2)48-22-17-31-9-3-4-10-36(31)54(48)41-21-16-35(28-49(41)55)34-19-24-52-46(27-34)45-26-33(18-23-51(45)56-52)32-15-20-39-42(25-32)37-11-5-6-12-38(37)44-30-53-47(29-43(39)44)40-13-7-8-14-50(40)57-53/h3-30H,1-2H3. The van der Waals surface area contributed by atoms with Gasteiger partial charge in [0.2, 0.25) is 0 Å². The minimum atomic E-state index is -0.0687. The van der Waals surface area contributed by atoms with Crippen LogP contribution >= 0.6 is 22.7 Å². The molecule has 0 saturated carbocycles. The second kappa shape index (κ2) is 11.4. The third kappa shape index (κ3) is 4.43. The molecule has 0 saturated heterocycles. The molecule has 13 rings (SSSR count). The van der Waals surface area contributed by atoms with Crippen molar-refractivity contribution in [2.24, 2.45) is 0 Å². The topological polar surface area (TPSA) is 0 Å². The van der Waals surface area contributed by atoms with Crippen LogP contribution < -0.4 is 0 Å². The summed E-state index contributed by atoms with van der Waals surface area (Å²) in [6.07, 6.45) is 0. The van der Waals surface area contributed by atoms with Crippen LogP contribution in [0.1, 0.15) is 25.0 Å². The number of rotatable bonds is 2. The van der Waals surface area contributed by atoms with Gasteiger partial charge in [0.25, 0.3) is 0 Å². The van der Waals surface area contributed by atoms with Crippen LogP contribution in [0.15, 0.2) is 170 Å². The van der Waals surface area contributed by atoms with E-state index < -0.39 is 0 Å². The van der Waals surface area contributed by atoms with Crippen molar-refractivity contribution in [3.8, 4) is 33.4 Å². The first-order chi connectivity index (χ1) is 28.0. The zero-order chi connectivity index (χ0) is 37.6. The fraction of sp³-hybridized carbons (Fsp3) is 0.0545. The summed E-state index contributed by atoms with van der Waals surface area (Å²) >= 11 is 3.79. The van der Waals surface area contributed by atoms with Crippen LogP contribution in [-0.2, 0) is 5.41 Å². The van der Waals surface area contributed by atoms with Crippen molar-refractivity contribution in [3.63, 3.8) is 0 Å². The number of fused-ring (bicyclic) bond motifs is 17. The number of thiophene rings is 2. The van der Waals surface area contributed by atoms with Gasteiger partial charge in [-0.3, -0.25) is 0 Å². The summed E-state index contributed by atoms with van der Waals surface area (Å²) in [5.74, 6) is 0. The van der Waals surface area contributed by atoms with Crippen molar-refractivity contribution in [2.45, 2.75) is 19.3 Å². The summed E-state index contributed by atoms with van der Waals surface area (Å²) in [6.45, 7) is 4.77. The van der Waals surface area contributed by atoms with Crippen LogP contribution in [0, 0.1) is 0 Å². The van der Waals surface area contributed by atoms with Gasteiger partial charge in [-0.25, -0.2) is 0 Å². The third-order valence-corrected chi connectivity index (χ3v) is 15.3. The van der Waals surface area contributed by atoms with Crippen LogP contribution in [0.4, 0.5) is 0 Å². The Labute approximate surface area is 337 Å². The Kier molecular flexibility index (Phi) is 6.36. The van der Waals surface area contributed by atoms with Gasteiger partial charge in [-0.2, -0.15) is 0 Å². The minimum Gasteiger partial charge on any atom is -0.135 e. The molecule has 1 aliphatic rings. The third-order valence-electron chi connectivity index (χ3n) is 13.0. The molecule has 2 heterocycles. The van der Waals surface area contributed by atoms with E-state index >= 15 is 0 Å². The predicted octanol–water partition coefficient (Wildman–Crippen LogP) is 16.7. The fourth-order valence-electron chi connectivity index (χ4n) is 10.2. The Morgan fingerprint density at radius 2 is 0.825 bits per heavy atom. The minimum absolute atomic E-state index is 0.0687. The van der Waals surface area contributed by atoms with E-state index in [1.165, 1.54) is 128 Å². The lowest BCUT2D eigenvalue weighted by molar-refractivity contribution is 0.661. The second-order valence-electron chi connectivity index (χ2n) is 16.4. The molecule has 0 bridgehead atoms. The normalized spacial score (nSPS) is 13.6. The summed E-state index contributed by atoms with van der Waals surface area (Å²) in [7, 11) is 0. The van der Waals surface area contributed by atoms with Gasteiger partial charge in [0.15, 0.2) is 0 Å². The summed E-state index contributed by atoms with van der Waals surface area (Å²) < 4.78 is 5.35. The van der Waals surface area contributed by atoms with Gasteiger partial charge in [0.1, 0.15) is 0 Å². The maximum Gasteiger partial charge on any atom is 0.0362 e. The molecule has 0 unspecified atom stereocenters. The SMILES string of the molecule is CC1(C)c2cc(-c3ccc4sc5ccc(-c6ccc7c(c6)c6ccccc6c6cc8sc9ccccc9c8cc76)cc5c4c3)ccc2-c2c1ccc1ccccc21. The lowest BCUT2D eigenvalue weighted by Gasteiger charge is -2.22. The molecule has 0 aliphatic heterocycles. The van der Waals surface area contributed by atoms with Crippen molar-refractivity contribution in [1.29, 1.82) is 0 Å². The van der Waals surface area contributed by atoms with Gasteiger partial charge in [-0.15, -0.1) is 22.7 Å². The quantitative estimate of drug-likeness (QED) is 0.154. The van der Waals surface area contributed by atoms with Crippen molar-refractivity contribution in [1.82, 2.24) is 0 Å². The average Bonchev–Trinajstić information content (AvgIpc) is 3.89. The molecule has 2 aromatic heterocycles. The highest BCUT2D eigenvalue weighted by Gasteiger charge is 2.36. The monoisotopic (exact) mass is 758 g/mol. The van der Waals surface area contributed by atoms with E-state index in [9.17, 15) is 0 Å². The smallest absolute Gasteiger partial charge is 0.0362 e. The Morgan fingerprint density at radius 1 is 0.316 bits per heavy atom. The molecular weight excluding hydrogens is 725 g/mol. The Bertz CT molecular complexity index is 3720. The Hall–Kier alpha value is -6.32. The lowest BCUT2D eigenvalue weighted by Crippen LogP contribution is -2.15. The average molecular weight is 759 g/mol. The zero-order valence-electron chi connectivity index (χ0n) is 31.5. The van der Waals surface area contributed by atoms with Crippen LogP contribution in [0.3, 0.4) is 0 Å². The zero-order valence-corrected chi connectivity index (χ0v) is 33.1. The first kappa shape index (κ1) is 31.8. The van der Waals surface area contributed by atoms with Crippen LogP contribution in [0.5, 0.6) is 0 Å². The molecule has 0 spiro atoms. The van der Waals surface area contributed by atoms with E-state index in [0.717, 1.165) is 0 Å². The number of hydrogen-bond acceptors (Lipinski definition) is 2. The molecule has 0 fully saturated rings. The van der Waals surface area contributed by atoms with Gasteiger partial charge in [-0.05, 0) is 142 Å². The van der Waals surface area contributed by atoms with E-state index in [4.69, 9.17) is 0 Å². The molecule has 0 atom stereocenters. The lowest BCUT2D eigenvalue weighted by atomic mass is 9.81. The Balaban J connectivity index is 0.951.